The fraction of sp³-hybridized carbons (Fsp3) is 0.350. The third-order valence-electron chi connectivity index (χ3n) is 4.64. The van der Waals surface area contributed by atoms with Gasteiger partial charge in [0.05, 0.1) is 16.7 Å². The van der Waals surface area contributed by atoms with Crippen molar-refractivity contribution in [3.63, 3.8) is 0 Å². The standard InChI is InChI=1S/C20H22BrNO3S/c1-14(13-26(24,25)18-11-9-17(21)10-12-18)20(23)22-19(16-7-8-16)15-5-3-2-4-6-15/h2-6,9-12,14,16,19H,7-8,13H2,1H3,(H,22,23)/t14-,19+/m1/s1. The highest BCUT2D eigenvalue weighted by Crippen LogP contribution is 2.41. The first-order valence-corrected chi connectivity index (χ1v) is 11.1. The Morgan fingerprint density at radius 3 is 2.31 bits per heavy atom. The molecular formula is C20H22BrNO3S. The van der Waals surface area contributed by atoms with Gasteiger partial charge in [-0.15, -0.1) is 0 Å². The van der Waals surface area contributed by atoms with Crippen molar-refractivity contribution in [1.29, 1.82) is 0 Å². The average Bonchev–Trinajstić information content (AvgIpc) is 3.45. The molecule has 6 heteroatoms. The quantitative estimate of drug-likeness (QED) is 0.710. The van der Waals surface area contributed by atoms with Gasteiger partial charge in [-0.3, -0.25) is 4.79 Å². The lowest BCUT2D eigenvalue weighted by molar-refractivity contribution is -0.124. The molecule has 0 aromatic heterocycles. The maximum absolute atomic E-state index is 12.6. The molecule has 138 valence electrons. The molecule has 1 aliphatic rings. The van der Waals surface area contributed by atoms with Crippen molar-refractivity contribution < 1.29 is 13.2 Å². The zero-order chi connectivity index (χ0) is 18.7. The first-order valence-electron chi connectivity index (χ1n) is 8.70. The fourth-order valence-corrected chi connectivity index (χ4v) is 4.82. The Morgan fingerprint density at radius 1 is 1.12 bits per heavy atom. The van der Waals surface area contributed by atoms with E-state index in [-0.39, 0.29) is 22.6 Å². The van der Waals surface area contributed by atoms with Crippen molar-refractivity contribution in [3.8, 4) is 0 Å². The molecule has 0 unspecified atom stereocenters. The Bertz CT molecular complexity index is 862. The Balaban J connectivity index is 1.68. The summed E-state index contributed by atoms with van der Waals surface area (Å²) in [5, 5.41) is 3.07. The van der Waals surface area contributed by atoms with E-state index in [0.717, 1.165) is 22.9 Å². The summed E-state index contributed by atoms with van der Waals surface area (Å²) in [6.07, 6.45) is 2.18. The molecule has 2 atom stereocenters. The smallest absolute Gasteiger partial charge is 0.224 e. The van der Waals surface area contributed by atoms with E-state index in [9.17, 15) is 13.2 Å². The van der Waals surface area contributed by atoms with E-state index in [1.165, 1.54) is 0 Å². The summed E-state index contributed by atoms with van der Waals surface area (Å²) in [5.41, 5.74) is 1.08. The van der Waals surface area contributed by atoms with E-state index < -0.39 is 15.8 Å². The SMILES string of the molecule is C[C@H](CS(=O)(=O)c1ccc(Br)cc1)C(=O)N[C@@H](c1ccccc1)C1CC1. The molecule has 1 amide bonds. The average molecular weight is 436 g/mol. The van der Waals surface area contributed by atoms with Crippen LogP contribution in [0.25, 0.3) is 0 Å². The monoisotopic (exact) mass is 435 g/mol. The highest BCUT2D eigenvalue weighted by molar-refractivity contribution is 9.10. The third kappa shape index (κ3) is 4.74. The number of carbonyl (C=O) groups is 1. The number of sulfone groups is 1. The van der Waals surface area contributed by atoms with Gasteiger partial charge in [0.1, 0.15) is 0 Å². The van der Waals surface area contributed by atoms with E-state index in [0.29, 0.717) is 5.92 Å². The van der Waals surface area contributed by atoms with Gasteiger partial charge in [0, 0.05) is 10.4 Å². The normalized spacial score (nSPS) is 16.7. The molecule has 1 aliphatic carbocycles. The van der Waals surface area contributed by atoms with Crippen molar-refractivity contribution in [2.45, 2.75) is 30.7 Å². The summed E-state index contributed by atoms with van der Waals surface area (Å²) in [5.74, 6) is -0.594. The number of halogens is 1. The number of rotatable bonds is 7. The summed E-state index contributed by atoms with van der Waals surface area (Å²) in [6, 6.07) is 16.3. The van der Waals surface area contributed by atoms with E-state index >= 15 is 0 Å². The highest BCUT2D eigenvalue weighted by Gasteiger charge is 2.34. The topological polar surface area (TPSA) is 63.2 Å². The van der Waals surface area contributed by atoms with Gasteiger partial charge in [0.2, 0.25) is 5.91 Å². The predicted molar refractivity (Wildman–Crippen MR) is 105 cm³/mol. The lowest BCUT2D eigenvalue weighted by atomic mass is 10.0. The molecular weight excluding hydrogens is 414 g/mol. The molecule has 4 nitrogen and oxygen atoms in total. The Labute approximate surface area is 163 Å². The lowest BCUT2D eigenvalue weighted by Crippen LogP contribution is -2.36. The fourth-order valence-electron chi connectivity index (χ4n) is 3.00. The third-order valence-corrected chi connectivity index (χ3v) is 7.10. The van der Waals surface area contributed by atoms with Gasteiger partial charge in [0.25, 0.3) is 0 Å². The van der Waals surface area contributed by atoms with E-state index in [1.807, 2.05) is 30.3 Å². The largest absolute Gasteiger partial charge is 0.349 e. The van der Waals surface area contributed by atoms with Gasteiger partial charge in [-0.1, -0.05) is 53.2 Å². The predicted octanol–water partition coefficient (Wildman–Crippen LogP) is 4.13. The van der Waals surface area contributed by atoms with Crippen LogP contribution in [0.1, 0.15) is 31.4 Å². The minimum atomic E-state index is -3.51. The van der Waals surface area contributed by atoms with Gasteiger partial charge < -0.3 is 5.32 Å². The van der Waals surface area contributed by atoms with Crippen LogP contribution in [0.15, 0.2) is 64.0 Å². The van der Waals surface area contributed by atoms with Gasteiger partial charge in [-0.25, -0.2) is 8.42 Å². The van der Waals surface area contributed by atoms with Gasteiger partial charge in [-0.2, -0.15) is 0 Å². The molecule has 26 heavy (non-hydrogen) atoms. The number of benzene rings is 2. The second-order valence-electron chi connectivity index (χ2n) is 6.87. The molecule has 0 spiro atoms. The second-order valence-corrected chi connectivity index (χ2v) is 9.82. The molecule has 1 N–H and O–H groups in total. The summed E-state index contributed by atoms with van der Waals surface area (Å²) in [6.45, 7) is 1.67. The Hall–Kier alpha value is -1.66. The van der Waals surface area contributed by atoms with Gasteiger partial charge in [-0.05, 0) is 48.6 Å². The van der Waals surface area contributed by atoms with Crippen molar-refractivity contribution in [2.24, 2.45) is 11.8 Å². The number of carbonyl (C=O) groups excluding carboxylic acids is 1. The van der Waals surface area contributed by atoms with Crippen LogP contribution in [-0.2, 0) is 14.6 Å². The molecule has 0 radical (unpaired) electrons. The van der Waals surface area contributed by atoms with Crippen molar-refractivity contribution in [2.75, 3.05) is 5.75 Å². The summed E-state index contributed by atoms with van der Waals surface area (Å²) < 4.78 is 25.9. The van der Waals surface area contributed by atoms with Crippen molar-refractivity contribution in [1.82, 2.24) is 5.32 Å². The zero-order valence-corrected chi connectivity index (χ0v) is 17.0. The van der Waals surface area contributed by atoms with Crippen LogP contribution in [-0.4, -0.2) is 20.1 Å². The van der Waals surface area contributed by atoms with E-state index in [2.05, 4.69) is 21.2 Å². The minimum Gasteiger partial charge on any atom is -0.349 e. The minimum absolute atomic E-state index is 0.0402. The van der Waals surface area contributed by atoms with Gasteiger partial charge >= 0.3 is 0 Å². The first kappa shape index (κ1) is 19.1. The maximum Gasteiger partial charge on any atom is 0.224 e. The molecule has 2 aromatic carbocycles. The van der Waals surface area contributed by atoms with Crippen LogP contribution in [0.2, 0.25) is 0 Å². The molecule has 1 fully saturated rings. The highest BCUT2D eigenvalue weighted by atomic mass is 79.9. The van der Waals surface area contributed by atoms with Crippen LogP contribution in [0.4, 0.5) is 0 Å². The Kier molecular flexibility index (Phi) is 5.82. The lowest BCUT2D eigenvalue weighted by Gasteiger charge is -2.21. The number of amides is 1. The second kappa shape index (κ2) is 7.92. The molecule has 2 aromatic rings. The van der Waals surface area contributed by atoms with Gasteiger partial charge in [0.15, 0.2) is 9.84 Å². The number of hydrogen-bond acceptors (Lipinski definition) is 3. The molecule has 3 rings (SSSR count). The summed E-state index contributed by atoms with van der Waals surface area (Å²) in [4.78, 5) is 12.9. The van der Waals surface area contributed by atoms with Crippen LogP contribution < -0.4 is 5.32 Å². The molecule has 1 saturated carbocycles. The number of hydrogen-bond donors (Lipinski definition) is 1. The Morgan fingerprint density at radius 2 is 1.73 bits per heavy atom. The van der Waals surface area contributed by atoms with Crippen LogP contribution in [0.5, 0.6) is 0 Å². The summed E-state index contributed by atoms with van der Waals surface area (Å²) in [7, 11) is -3.51. The van der Waals surface area contributed by atoms with Crippen molar-refractivity contribution in [3.05, 3.63) is 64.6 Å². The molecule has 0 bridgehead atoms. The van der Waals surface area contributed by atoms with E-state index in [1.54, 1.807) is 31.2 Å². The van der Waals surface area contributed by atoms with Crippen LogP contribution in [0.3, 0.4) is 0 Å². The molecule has 0 heterocycles. The first-order chi connectivity index (χ1) is 12.4. The van der Waals surface area contributed by atoms with Crippen LogP contribution >= 0.6 is 15.9 Å². The summed E-state index contributed by atoms with van der Waals surface area (Å²) >= 11 is 3.30. The maximum atomic E-state index is 12.6. The zero-order valence-electron chi connectivity index (χ0n) is 14.6. The van der Waals surface area contributed by atoms with Crippen LogP contribution in [0, 0.1) is 11.8 Å². The molecule has 0 aliphatic heterocycles. The molecule has 0 saturated heterocycles. The number of nitrogens with one attached hydrogen (secondary N) is 1. The van der Waals surface area contributed by atoms with Crippen molar-refractivity contribution >= 4 is 31.7 Å². The van der Waals surface area contributed by atoms with E-state index in [4.69, 9.17) is 0 Å².